The van der Waals surface area contributed by atoms with Gasteiger partial charge in [-0.3, -0.25) is 4.79 Å². The minimum Gasteiger partial charge on any atom is -0.334 e. The molecule has 0 aromatic carbocycles. The van der Waals surface area contributed by atoms with Gasteiger partial charge in [0.15, 0.2) is 5.82 Å². The number of carbonyl (C=O) groups excluding carboxylic acids is 1. The summed E-state index contributed by atoms with van der Waals surface area (Å²) < 4.78 is 0. The minimum atomic E-state index is -0.0259. The first-order chi connectivity index (χ1) is 8.76. The lowest BCUT2D eigenvalue weighted by Gasteiger charge is -2.21. The van der Waals surface area contributed by atoms with Crippen molar-refractivity contribution in [2.24, 2.45) is 5.84 Å². The molecule has 0 spiro atoms. The number of carbonyl (C=O) groups is 1. The summed E-state index contributed by atoms with van der Waals surface area (Å²) in [5.74, 6) is 5.64. The third-order valence-corrected chi connectivity index (χ3v) is 3.02. The van der Waals surface area contributed by atoms with Gasteiger partial charge >= 0.3 is 0 Å². The van der Waals surface area contributed by atoms with Crippen LogP contribution in [0.5, 0.6) is 0 Å². The molecule has 3 N–H and O–H groups in total. The first kappa shape index (κ1) is 12.8. The molecule has 1 aromatic heterocycles. The highest BCUT2D eigenvalue weighted by molar-refractivity contribution is 5.92. The van der Waals surface area contributed by atoms with Gasteiger partial charge in [0.2, 0.25) is 0 Å². The quantitative estimate of drug-likeness (QED) is 0.584. The zero-order valence-corrected chi connectivity index (χ0v) is 10.6. The Hall–Kier alpha value is -1.69. The summed E-state index contributed by atoms with van der Waals surface area (Å²) >= 11 is 0. The number of aromatic nitrogens is 2. The fourth-order valence-corrected chi connectivity index (χ4v) is 1.82. The maximum Gasteiger partial charge on any atom is 0.274 e. The summed E-state index contributed by atoms with van der Waals surface area (Å²) in [6.07, 6.45) is 7.25. The fraction of sp³-hybridized carbons (Fsp3) is 0.583. The molecule has 98 valence electrons. The van der Waals surface area contributed by atoms with Gasteiger partial charge in [-0.15, -0.1) is 0 Å². The second kappa shape index (κ2) is 5.77. The van der Waals surface area contributed by atoms with Crippen molar-refractivity contribution < 1.29 is 4.79 Å². The Morgan fingerprint density at radius 1 is 1.50 bits per heavy atom. The van der Waals surface area contributed by atoms with Crippen LogP contribution >= 0.6 is 0 Å². The maximum absolute atomic E-state index is 12.3. The molecule has 6 nitrogen and oxygen atoms in total. The van der Waals surface area contributed by atoms with Crippen LogP contribution in [0.25, 0.3) is 0 Å². The van der Waals surface area contributed by atoms with E-state index in [4.69, 9.17) is 5.84 Å². The van der Waals surface area contributed by atoms with E-state index in [1.165, 1.54) is 12.4 Å². The van der Waals surface area contributed by atoms with Gasteiger partial charge in [0, 0.05) is 12.6 Å². The van der Waals surface area contributed by atoms with Crippen LogP contribution in [0, 0.1) is 0 Å². The van der Waals surface area contributed by atoms with E-state index in [1.807, 2.05) is 4.90 Å². The molecule has 1 aliphatic carbocycles. The second-order valence-electron chi connectivity index (χ2n) is 4.51. The van der Waals surface area contributed by atoms with Gasteiger partial charge in [-0.1, -0.05) is 13.3 Å². The Bertz CT molecular complexity index is 401. The summed E-state index contributed by atoms with van der Waals surface area (Å²) in [6.45, 7) is 2.93. The van der Waals surface area contributed by atoms with Crippen molar-refractivity contribution in [2.45, 2.75) is 38.6 Å². The third kappa shape index (κ3) is 2.95. The molecule has 6 heteroatoms. The molecule has 0 bridgehead atoms. The lowest BCUT2D eigenvalue weighted by Crippen LogP contribution is -2.34. The van der Waals surface area contributed by atoms with Crippen molar-refractivity contribution in [3.8, 4) is 0 Å². The molecular formula is C12H19N5O. The standard InChI is InChI=1S/C12H19N5O/c1-2-3-6-17(9-4-5-9)12(18)10-7-15-11(16-13)8-14-10/h7-9H,2-6,13H2,1H3,(H,15,16). The number of nitrogens with two attached hydrogens (primary N) is 1. The van der Waals surface area contributed by atoms with Crippen LogP contribution in [0.2, 0.25) is 0 Å². The van der Waals surface area contributed by atoms with E-state index in [0.717, 1.165) is 32.2 Å². The van der Waals surface area contributed by atoms with Gasteiger partial charge in [-0.05, 0) is 19.3 Å². The van der Waals surface area contributed by atoms with Gasteiger partial charge < -0.3 is 10.3 Å². The first-order valence-electron chi connectivity index (χ1n) is 6.36. The molecule has 0 radical (unpaired) electrons. The van der Waals surface area contributed by atoms with Crippen LogP contribution in [0.1, 0.15) is 43.1 Å². The van der Waals surface area contributed by atoms with Crippen LogP contribution in [-0.4, -0.2) is 33.4 Å². The third-order valence-electron chi connectivity index (χ3n) is 3.02. The van der Waals surface area contributed by atoms with E-state index in [1.54, 1.807) is 0 Å². The number of hydrogen-bond donors (Lipinski definition) is 2. The molecule has 18 heavy (non-hydrogen) atoms. The average Bonchev–Trinajstić information content (AvgIpc) is 3.24. The highest BCUT2D eigenvalue weighted by Crippen LogP contribution is 2.28. The summed E-state index contributed by atoms with van der Waals surface area (Å²) in [4.78, 5) is 22.3. The summed E-state index contributed by atoms with van der Waals surface area (Å²) in [5, 5.41) is 0. The number of hydrogen-bond acceptors (Lipinski definition) is 5. The fourth-order valence-electron chi connectivity index (χ4n) is 1.82. The largest absolute Gasteiger partial charge is 0.334 e. The Morgan fingerprint density at radius 3 is 2.78 bits per heavy atom. The van der Waals surface area contributed by atoms with Crippen molar-refractivity contribution in [1.29, 1.82) is 0 Å². The molecule has 0 saturated heterocycles. The smallest absolute Gasteiger partial charge is 0.274 e. The number of hydrazine groups is 1. The normalized spacial score (nSPS) is 14.3. The molecule has 1 amide bonds. The number of rotatable bonds is 6. The summed E-state index contributed by atoms with van der Waals surface area (Å²) in [7, 11) is 0. The summed E-state index contributed by atoms with van der Waals surface area (Å²) in [5.41, 5.74) is 2.78. The van der Waals surface area contributed by atoms with E-state index in [-0.39, 0.29) is 5.91 Å². The number of anilines is 1. The number of nitrogens with zero attached hydrogens (tertiary/aromatic N) is 3. The van der Waals surface area contributed by atoms with Crippen molar-refractivity contribution in [3.63, 3.8) is 0 Å². The van der Waals surface area contributed by atoms with Gasteiger partial charge in [-0.25, -0.2) is 15.8 Å². The Morgan fingerprint density at radius 2 is 2.28 bits per heavy atom. The molecule has 0 unspecified atom stereocenters. The molecular weight excluding hydrogens is 230 g/mol. The van der Waals surface area contributed by atoms with Crippen molar-refractivity contribution in [2.75, 3.05) is 12.0 Å². The van der Waals surface area contributed by atoms with Gasteiger partial charge in [0.25, 0.3) is 5.91 Å². The van der Waals surface area contributed by atoms with E-state index in [0.29, 0.717) is 17.6 Å². The Kier molecular flexibility index (Phi) is 4.09. The highest BCUT2D eigenvalue weighted by atomic mass is 16.2. The van der Waals surface area contributed by atoms with Crippen LogP contribution in [-0.2, 0) is 0 Å². The van der Waals surface area contributed by atoms with E-state index >= 15 is 0 Å². The van der Waals surface area contributed by atoms with E-state index < -0.39 is 0 Å². The molecule has 2 rings (SSSR count). The van der Waals surface area contributed by atoms with E-state index in [9.17, 15) is 4.79 Å². The predicted octanol–water partition coefficient (Wildman–Crippen LogP) is 1.17. The molecule has 0 aliphatic heterocycles. The first-order valence-corrected chi connectivity index (χ1v) is 6.36. The number of amides is 1. The Labute approximate surface area is 107 Å². The predicted molar refractivity (Wildman–Crippen MR) is 68.8 cm³/mol. The van der Waals surface area contributed by atoms with Crippen molar-refractivity contribution in [3.05, 3.63) is 18.1 Å². The van der Waals surface area contributed by atoms with Gasteiger partial charge in [-0.2, -0.15) is 0 Å². The minimum absolute atomic E-state index is 0.0259. The van der Waals surface area contributed by atoms with Crippen molar-refractivity contribution >= 4 is 11.7 Å². The monoisotopic (exact) mass is 249 g/mol. The number of unbranched alkanes of at least 4 members (excludes halogenated alkanes) is 1. The lowest BCUT2D eigenvalue weighted by molar-refractivity contribution is 0.0734. The SMILES string of the molecule is CCCCN(C(=O)c1cnc(NN)cn1)C1CC1. The van der Waals surface area contributed by atoms with Gasteiger partial charge in [0.1, 0.15) is 5.69 Å². The Balaban J connectivity index is 2.06. The second-order valence-corrected chi connectivity index (χ2v) is 4.51. The number of nitrogen functional groups attached to an aromatic ring is 1. The molecule has 1 saturated carbocycles. The van der Waals surface area contributed by atoms with Crippen LogP contribution in [0.3, 0.4) is 0 Å². The maximum atomic E-state index is 12.3. The summed E-state index contributed by atoms with van der Waals surface area (Å²) in [6, 6.07) is 0.401. The van der Waals surface area contributed by atoms with Crippen LogP contribution < -0.4 is 11.3 Å². The molecule has 0 atom stereocenters. The van der Waals surface area contributed by atoms with Gasteiger partial charge in [0.05, 0.1) is 12.4 Å². The number of nitrogens with one attached hydrogen (secondary N) is 1. The molecule has 1 heterocycles. The average molecular weight is 249 g/mol. The molecule has 1 aromatic rings. The zero-order chi connectivity index (χ0) is 13.0. The van der Waals surface area contributed by atoms with Crippen LogP contribution in [0.4, 0.5) is 5.82 Å². The molecule has 1 fully saturated rings. The highest BCUT2D eigenvalue weighted by Gasteiger charge is 2.33. The lowest BCUT2D eigenvalue weighted by atomic mass is 10.3. The van der Waals surface area contributed by atoms with E-state index in [2.05, 4.69) is 22.3 Å². The van der Waals surface area contributed by atoms with Crippen LogP contribution in [0.15, 0.2) is 12.4 Å². The zero-order valence-electron chi connectivity index (χ0n) is 10.6. The topological polar surface area (TPSA) is 84.1 Å². The molecule has 1 aliphatic rings. The van der Waals surface area contributed by atoms with Crippen molar-refractivity contribution in [1.82, 2.24) is 14.9 Å².